The Balaban J connectivity index is 2.29. The molecule has 0 N–H and O–H groups in total. The molecule has 1 heterocycles. The van der Waals surface area contributed by atoms with Crippen LogP contribution in [0, 0.1) is 0 Å². The van der Waals surface area contributed by atoms with Crippen LogP contribution in [0.15, 0.2) is 18.2 Å². The number of nitrogens with zero attached hydrogens (tertiary/aromatic N) is 1. The number of benzene rings is 1. The molecular formula is C15H19NO5S. The first-order chi connectivity index (χ1) is 10.6. The third-order valence-corrected chi connectivity index (χ3v) is 4.51. The van der Waals surface area contributed by atoms with Gasteiger partial charge in [-0.15, -0.1) is 11.8 Å². The highest BCUT2D eigenvalue weighted by Crippen LogP contribution is 2.43. The van der Waals surface area contributed by atoms with Crippen molar-refractivity contribution in [2.75, 3.05) is 33.1 Å². The smallest absolute Gasteiger partial charge is 0.325 e. The van der Waals surface area contributed by atoms with Crippen LogP contribution in [0.5, 0.6) is 11.5 Å². The van der Waals surface area contributed by atoms with Gasteiger partial charge < -0.3 is 19.1 Å². The van der Waals surface area contributed by atoms with E-state index in [2.05, 4.69) is 0 Å². The number of hydrogen-bond donors (Lipinski definition) is 0. The Morgan fingerprint density at radius 1 is 1.36 bits per heavy atom. The Morgan fingerprint density at radius 3 is 2.77 bits per heavy atom. The van der Waals surface area contributed by atoms with Gasteiger partial charge in [0.15, 0.2) is 0 Å². The van der Waals surface area contributed by atoms with Gasteiger partial charge >= 0.3 is 5.97 Å². The van der Waals surface area contributed by atoms with Crippen LogP contribution < -0.4 is 9.47 Å². The summed E-state index contributed by atoms with van der Waals surface area (Å²) in [6.07, 6.45) is 0. The molecule has 0 radical (unpaired) electrons. The van der Waals surface area contributed by atoms with E-state index in [1.807, 2.05) is 6.07 Å². The van der Waals surface area contributed by atoms with E-state index in [9.17, 15) is 9.59 Å². The van der Waals surface area contributed by atoms with Gasteiger partial charge in [0.25, 0.3) is 0 Å². The Kier molecular flexibility index (Phi) is 5.54. The minimum Gasteiger partial charge on any atom is -0.497 e. The molecule has 22 heavy (non-hydrogen) atoms. The van der Waals surface area contributed by atoms with E-state index in [0.717, 1.165) is 5.56 Å². The van der Waals surface area contributed by atoms with Crippen LogP contribution in [0.1, 0.15) is 17.9 Å². The zero-order valence-electron chi connectivity index (χ0n) is 12.8. The average Bonchev–Trinajstić information content (AvgIpc) is 2.88. The molecule has 0 bridgehead atoms. The minimum atomic E-state index is -0.412. The van der Waals surface area contributed by atoms with Gasteiger partial charge in [0.1, 0.15) is 23.4 Å². The van der Waals surface area contributed by atoms with E-state index < -0.39 is 5.97 Å². The lowest BCUT2D eigenvalue weighted by molar-refractivity contribution is -0.148. The Hall–Kier alpha value is -1.89. The molecule has 1 aromatic carbocycles. The summed E-state index contributed by atoms with van der Waals surface area (Å²) in [6, 6.07) is 5.41. The quantitative estimate of drug-likeness (QED) is 0.744. The molecule has 0 aliphatic carbocycles. The van der Waals surface area contributed by atoms with Gasteiger partial charge in [0.2, 0.25) is 5.91 Å². The largest absolute Gasteiger partial charge is 0.497 e. The number of thioether (sulfide) groups is 1. The van der Waals surface area contributed by atoms with Crippen molar-refractivity contribution in [1.29, 1.82) is 0 Å². The second kappa shape index (κ2) is 7.40. The summed E-state index contributed by atoms with van der Waals surface area (Å²) in [6.45, 7) is 1.97. The number of carbonyl (C=O) groups excluding carboxylic acids is 2. The molecule has 1 aromatic rings. The first kappa shape index (κ1) is 16.5. The van der Waals surface area contributed by atoms with E-state index >= 15 is 0 Å². The Labute approximate surface area is 133 Å². The molecule has 1 aliphatic rings. The van der Waals surface area contributed by atoms with Crippen molar-refractivity contribution in [2.45, 2.75) is 12.3 Å². The van der Waals surface area contributed by atoms with Gasteiger partial charge in [-0.1, -0.05) is 0 Å². The van der Waals surface area contributed by atoms with E-state index in [-0.39, 0.29) is 17.8 Å². The van der Waals surface area contributed by atoms with Crippen LogP contribution >= 0.6 is 11.8 Å². The van der Waals surface area contributed by atoms with Gasteiger partial charge in [-0.3, -0.25) is 9.59 Å². The summed E-state index contributed by atoms with van der Waals surface area (Å²) in [7, 11) is 3.15. The molecule has 1 fully saturated rings. The van der Waals surface area contributed by atoms with Gasteiger partial charge in [-0.05, 0) is 25.1 Å². The van der Waals surface area contributed by atoms with Crippen molar-refractivity contribution < 1.29 is 23.8 Å². The molecule has 7 heteroatoms. The second-order valence-electron chi connectivity index (χ2n) is 4.60. The number of methoxy groups -OCH3 is 2. The van der Waals surface area contributed by atoms with Gasteiger partial charge in [-0.25, -0.2) is 0 Å². The highest BCUT2D eigenvalue weighted by atomic mass is 32.2. The van der Waals surface area contributed by atoms with Crippen LogP contribution in [0.4, 0.5) is 0 Å². The van der Waals surface area contributed by atoms with Gasteiger partial charge in [0, 0.05) is 5.56 Å². The third-order valence-electron chi connectivity index (χ3n) is 3.28. The zero-order chi connectivity index (χ0) is 16.1. The summed E-state index contributed by atoms with van der Waals surface area (Å²) in [4.78, 5) is 25.3. The van der Waals surface area contributed by atoms with Crippen molar-refractivity contribution in [3.63, 3.8) is 0 Å². The average molecular weight is 325 g/mol. The predicted molar refractivity (Wildman–Crippen MR) is 83.1 cm³/mol. The molecule has 2 rings (SSSR count). The second-order valence-corrected chi connectivity index (χ2v) is 5.67. The van der Waals surface area contributed by atoms with Crippen LogP contribution in [-0.2, 0) is 14.3 Å². The summed E-state index contributed by atoms with van der Waals surface area (Å²) in [5.74, 6) is 1.15. The van der Waals surface area contributed by atoms with Crippen molar-refractivity contribution in [3.8, 4) is 11.5 Å². The van der Waals surface area contributed by atoms with Crippen LogP contribution in [0.2, 0.25) is 0 Å². The summed E-state index contributed by atoms with van der Waals surface area (Å²) in [5, 5.41) is -0.290. The fourth-order valence-corrected chi connectivity index (χ4v) is 3.46. The van der Waals surface area contributed by atoms with Gasteiger partial charge in [-0.2, -0.15) is 0 Å². The summed E-state index contributed by atoms with van der Waals surface area (Å²) < 4.78 is 15.5. The fraction of sp³-hybridized carbons (Fsp3) is 0.467. The maximum atomic E-state index is 12.1. The molecular weight excluding hydrogens is 306 g/mol. The predicted octanol–water partition coefficient (Wildman–Crippen LogP) is 1.84. The highest BCUT2D eigenvalue weighted by molar-refractivity contribution is 8.00. The molecule has 1 atom stereocenters. The van der Waals surface area contributed by atoms with Crippen LogP contribution in [0.25, 0.3) is 0 Å². The van der Waals surface area contributed by atoms with E-state index in [4.69, 9.17) is 14.2 Å². The minimum absolute atomic E-state index is 0.0648. The van der Waals surface area contributed by atoms with E-state index in [1.54, 1.807) is 33.3 Å². The molecule has 0 aromatic heterocycles. The molecule has 0 spiro atoms. The van der Waals surface area contributed by atoms with Crippen LogP contribution in [-0.4, -0.2) is 49.9 Å². The molecule has 120 valence electrons. The molecule has 1 aliphatic heterocycles. The highest BCUT2D eigenvalue weighted by Gasteiger charge is 2.36. The van der Waals surface area contributed by atoms with Gasteiger partial charge in [0.05, 0.1) is 26.6 Å². The summed E-state index contributed by atoms with van der Waals surface area (Å²) in [5.41, 5.74) is 0.807. The number of carbonyl (C=O) groups is 2. The number of amides is 1. The van der Waals surface area contributed by atoms with E-state index in [1.165, 1.54) is 16.7 Å². The molecule has 1 saturated heterocycles. The maximum Gasteiger partial charge on any atom is 0.325 e. The molecule has 1 unspecified atom stereocenters. The lowest BCUT2D eigenvalue weighted by atomic mass is 10.1. The first-order valence-corrected chi connectivity index (χ1v) is 7.94. The van der Waals surface area contributed by atoms with Crippen molar-refractivity contribution >= 4 is 23.6 Å². The lowest BCUT2D eigenvalue weighted by Crippen LogP contribution is -2.34. The SMILES string of the molecule is CCOC(=O)CN1C(=O)CSC1c1cc(OC)ccc1OC. The summed E-state index contributed by atoms with van der Waals surface area (Å²) >= 11 is 1.45. The molecule has 1 amide bonds. The first-order valence-electron chi connectivity index (χ1n) is 6.89. The number of ether oxygens (including phenoxy) is 3. The van der Waals surface area contributed by atoms with Crippen molar-refractivity contribution in [3.05, 3.63) is 23.8 Å². The number of esters is 1. The molecule has 0 saturated carbocycles. The normalized spacial score (nSPS) is 17.5. The maximum absolute atomic E-state index is 12.1. The van der Waals surface area contributed by atoms with Crippen molar-refractivity contribution in [1.82, 2.24) is 4.90 Å². The lowest BCUT2D eigenvalue weighted by Gasteiger charge is -2.24. The van der Waals surface area contributed by atoms with E-state index in [0.29, 0.717) is 23.9 Å². The Bertz CT molecular complexity index is 563. The number of hydrogen-bond acceptors (Lipinski definition) is 6. The zero-order valence-corrected chi connectivity index (χ0v) is 13.6. The monoisotopic (exact) mass is 325 g/mol. The molecule has 6 nitrogen and oxygen atoms in total. The van der Waals surface area contributed by atoms with Crippen molar-refractivity contribution in [2.24, 2.45) is 0 Å². The van der Waals surface area contributed by atoms with Crippen LogP contribution in [0.3, 0.4) is 0 Å². The topological polar surface area (TPSA) is 65.1 Å². The third kappa shape index (κ3) is 3.47. The standard InChI is InChI=1S/C15H19NO5S/c1-4-21-14(18)8-16-13(17)9-22-15(16)11-7-10(19-2)5-6-12(11)20-3/h5-7,15H,4,8-9H2,1-3H3. The number of rotatable bonds is 6. The Morgan fingerprint density at radius 2 is 2.14 bits per heavy atom. The fourth-order valence-electron chi connectivity index (χ4n) is 2.26.